The van der Waals surface area contributed by atoms with Gasteiger partial charge in [0.15, 0.2) is 0 Å². The molecule has 2 heteroatoms. The van der Waals surface area contributed by atoms with E-state index in [4.69, 9.17) is 9.47 Å². The fourth-order valence-corrected chi connectivity index (χ4v) is 6.22. The predicted octanol–water partition coefficient (Wildman–Crippen LogP) is 6.59. The summed E-state index contributed by atoms with van der Waals surface area (Å²) >= 11 is 0. The van der Waals surface area contributed by atoms with Gasteiger partial charge in [0.05, 0.1) is 12.7 Å². The van der Waals surface area contributed by atoms with Gasteiger partial charge in [-0.05, 0) is 118 Å². The fraction of sp³-hybridized carbons (Fsp3) is 0.769. The molecular formula is C26H40O2. The van der Waals surface area contributed by atoms with Crippen LogP contribution in [0.5, 0.6) is 5.75 Å². The Labute approximate surface area is 172 Å². The monoisotopic (exact) mass is 384 g/mol. The second-order valence-electron chi connectivity index (χ2n) is 9.68. The average molecular weight is 385 g/mol. The van der Waals surface area contributed by atoms with E-state index in [2.05, 4.69) is 32.0 Å². The van der Waals surface area contributed by atoms with Crippen LogP contribution in [-0.2, 0) is 17.6 Å². The highest BCUT2D eigenvalue weighted by molar-refractivity contribution is 5.37. The molecule has 3 aliphatic carbocycles. The van der Waals surface area contributed by atoms with Crippen LogP contribution >= 0.6 is 0 Å². The minimum absolute atomic E-state index is 0.559. The Bertz CT molecular complexity index is 625. The molecule has 0 radical (unpaired) electrons. The Morgan fingerprint density at radius 3 is 2.36 bits per heavy atom. The van der Waals surface area contributed by atoms with Gasteiger partial charge in [0, 0.05) is 6.61 Å². The van der Waals surface area contributed by atoms with Crippen LogP contribution in [0.15, 0.2) is 18.2 Å². The van der Waals surface area contributed by atoms with Gasteiger partial charge >= 0.3 is 0 Å². The Morgan fingerprint density at radius 1 is 0.786 bits per heavy atom. The van der Waals surface area contributed by atoms with E-state index in [-0.39, 0.29) is 0 Å². The summed E-state index contributed by atoms with van der Waals surface area (Å²) in [5, 5.41) is 0. The quantitative estimate of drug-likeness (QED) is 0.528. The SMILES string of the molecule is CCCOc1ccc2c(c1)CCC(C1CCC3CC(OCCC)CCC3C1)C2. The molecule has 0 N–H and O–H groups in total. The molecule has 0 spiro atoms. The van der Waals surface area contributed by atoms with Crippen molar-refractivity contribution in [2.24, 2.45) is 23.7 Å². The van der Waals surface area contributed by atoms with Crippen LogP contribution in [0.25, 0.3) is 0 Å². The molecule has 2 saturated carbocycles. The summed E-state index contributed by atoms with van der Waals surface area (Å²) in [7, 11) is 0. The van der Waals surface area contributed by atoms with E-state index in [1.165, 1.54) is 57.8 Å². The molecule has 4 rings (SSSR count). The zero-order chi connectivity index (χ0) is 19.3. The summed E-state index contributed by atoms with van der Waals surface area (Å²) in [6, 6.07) is 6.87. The zero-order valence-electron chi connectivity index (χ0n) is 18.1. The molecule has 5 unspecified atom stereocenters. The number of ether oxygens (including phenoxy) is 2. The Morgan fingerprint density at radius 2 is 1.54 bits per heavy atom. The molecular weight excluding hydrogens is 344 g/mol. The van der Waals surface area contributed by atoms with Crippen LogP contribution in [0.1, 0.15) is 82.8 Å². The summed E-state index contributed by atoms with van der Waals surface area (Å²) in [5.74, 6) is 4.86. The van der Waals surface area contributed by atoms with Crippen LogP contribution in [-0.4, -0.2) is 19.3 Å². The van der Waals surface area contributed by atoms with E-state index in [1.54, 1.807) is 11.1 Å². The van der Waals surface area contributed by atoms with Crippen molar-refractivity contribution in [3.8, 4) is 5.75 Å². The first-order chi connectivity index (χ1) is 13.8. The van der Waals surface area contributed by atoms with Gasteiger partial charge in [0.25, 0.3) is 0 Å². The van der Waals surface area contributed by atoms with E-state index in [9.17, 15) is 0 Å². The Hall–Kier alpha value is -1.02. The third-order valence-corrected chi connectivity index (χ3v) is 7.75. The number of hydrogen-bond donors (Lipinski definition) is 0. The maximum absolute atomic E-state index is 6.09. The average Bonchev–Trinajstić information content (AvgIpc) is 2.75. The number of fused-ring (bicyclic) bond motifs is 2. The van der Waals surface area contributed by atoms with Crippen LogP contribution in [0.2, 0.25) is 0 Å². The standard InChI is InChI=1S/C26H40O2/c1-3-13-27-25-11-9-21-15-19(5-7-23(21)17-25)20-6-8-24-18-26(28-14-4-2)12-10-22(24)16-20/h9,11,17,19-20,22,24,26H,3-8,10,12-16,18H2,1-2H3. The normalized spacial score (nSPS) is 32.4. The summed E-state index contributed by atoms with van der Waals surface area (Å²) in [6.07, 6.45) is 15.2. The second-order valence-corrected chi connectivity index (χ2v) is 9.68. The second kappa shape index (κ2) is 9.65. The Balaban J connectivity index is 1.31. The molecule has 1 aromatic carbocycles. The summed E-state index contributed by atoms with van der Waals surface area (Å²) in [5.41, 5.74) is 3.14. The maximum Gasteiger partial charge on any atom is 0.119 e. The lowest BCUT2D eigenvalue weighted by Crippen LogP contribution is -2.37. The highest BCUT2D eigenvalue weighted by Gasteiger charge is 2.38. The van der Waals surface area contributed by atoms with Gasteiger partial charge in [-0.15, -0.1) is 0 Å². The lowest BCUT2D eigenvalue weighted by atomic mass is 9.62. The lowest BCUT2D eigenvalue weighted by molar-refractivity contribution is -0.0236. The summed E-state index contributed by atoms with van der Waals surface area (Å²) in [6.45, 7) is 6.17. The van der Waals surface area contributed by atoms with Crippen LogP contribution in [0.4, 0.5) is 0 Å². The molecule has 0 aromatic heterocycles. The van der Waals surface area contributed by atoms with Crippen molar-refractivity contribution < 1.29 is 9.47 Å². The topological polar surface area (TPSA) is 18.5 Å². The van der Waals surface area contributed by atoms with Crippen molar-refractivity contribution in [2.75, 3.05) is 13.2 Å². The van der Waals surface area contributed by atoms with E-state index >= 15 is 0 Å². The first-order valence-corrected chi connectivity index (χ1v) is 12.1. The van der Waals surface area contributed by atoms with Crippen molar-refractivity contribution in [1.82, 2.24) is 0 Å². The molecule has 28 heavy (non-hydrogen) atoms. The molecule has 1 aromatic rings. The Kier molecular flexibility index (Phi) is 6.99. The van der Waals surface area contributed by atoms with E-state index in [0.29, 0.717) is 6.10 Å². The van der Waals surface area contributed by atoms with Crippen molar-refractivity contribution in [2.45, 2.75) is 90.6 Å². The predicted molar refractivity (Wildman–Crippen MR) is 116 cm³/mol. The molecule has 156 valence electrons. The molecule has 5 atom stereocenters. The largest absolute Gasteiger partial charge is 0.494 e. The summed E-state index contributed by atoms with van der Waals surface area (Å²) in [4.78, 5) is 0. The number of hydrogen-bond acceptors (Lipinski definition) is 2. The first-order valence-electron chi connectivity index (χ1n) is 12.1. The molecule has 0 saturated heterocycles. The number of rotatable bonds is 7. The fourth-order valence-electron chi connectivity index (χ4n) is 6.22. The molecule has 0 amide bonds. The van der Waals surface area contributed by atoms with Crippen LogP contribution in [0.3, 0.4) is 0 Å². The third kappa shape index (κ3) is 4.75. The minimum atomic E-state index is 0.559. The van der Waals surface area contributed by atoms with Crippen molar-refractivity contribution >= 4 is 0 Å². The molecule has 0 aliphatic heterocycles. The molecule has 2 nitrogen and oxygen atoms in total. The molecule has 3 aliphatic rings. The molecule has 0 heterocycles. The molecule has 2 fully saturated rings. The van der Waals surface area contributed by atoms with Gasteiger partial charge in [-0.25, -0.2) is 0 Å². The number of benzene rings is 1. The van der Waals surface area contributed by atoms with Gasteiger partial charge < -0.3 is 9.47 Å². The van der Waals surface area contributed by atoms with Gasteiger partial charge in [0.2, 0.25) is 0 Å². The van der Waals surface area contributed by atoms with Crippen LogP contribution < -0.4 is 4.74 Å². The molecule has 0 bridgehead atoms. The van der Waals surface area contributed by atoms with Crippen molar-refractivity contribution in [1.29, 1.82) is 0 Å². The zero-order valence-corrected chi connectivity index (χ0v) is 18.1. The van der Waals surface area contributed by atoms with Gasteiger partial charge in [0.1, 0.15) is 5.75 Å². The van der Waals surface area contributed by atoms with Gasteiger partial charge in [-0.1, -0.05) is 19.9 Å². The highest BCUT2D eigenvalue weighted by Crippen LogP contribution is 2.47. The first kappa shape index (κ1) is 20.3. The minimum Gasteiger partial charge on any atom is -0.494 e. The van der Waals surface area contributed by atoms with Crippen LogP contribution in [0, 0.1) is 23.7 Å². The van der Waals surface area contributed by atoms with Crippen molar-refractivity contribution in [3.63, 3.8) is 0 Å². The smallest absolute Gasteiger partial charge is 0.119 e. The van der Waals surface area contributed by atoms with Gasteiger partial charge in [-0.2, -0.15) is 0 Å². The highest BCUT2D eigenvalue weighted by atomic mass is 16.5. The van der Waals surface area contributed by atoms with E-state index < -0.39 is 0 Å². The number of aryl methyl sites for hydroxylation is 1. The maximum atomic E-state index is 6.09. The van der Waals surface area contributed by atoms with Crippen molar-refractivity contribution in [3.05, 3.63) is 29.3 Å². The van der Waals surface area contributed by atoms with Gasteiger partial charge in [-0.3, -0.25) is 0 Å². The van der Waals surface area contributed by atoms with E-state index in [1.807, 2.05) is 0 Å². The third-order valence-electron chi connectivity index (χ3n) is 7.75. The summed E-state index contributed by atoms with van der Waals surface area (Å²) < 4.78 is 11.9. The lowest BCUT2D eigenvalue weighted by Gasteiger charge is -2.45. The van der Waals surface area contributed by atoms with E-state index in [0.717, 1.165) is 55.5 Å².